The summed E-state index contributed by atoms with van der Waals surface area (Å²) in [4.78, 5) is 37.8. The Morgan fingerprint density at radius 1 is 1.48 bits per heavy atom. The van der Waals surface area contributed by atoms with Gasteiger partial charge in [0, 0.05) is 17.6 Å². The minimum absolute atomic E-state index is 0.0822. The summed E-state index contributed by atoms with van der Waals surface area (Å²) in [6, 6.07) is 0. The first-order chi connectivity index (χ1) is 12.7. The molecule has 2 heterocycles. The van der Waals surface area contributed by atoms with Crippen LogP contribution in [-0.2, 0) is 28.6 Å². The second-order valence-electron chi connectivity index (χ2n) is 7.75. The molecule has 2 aliphatic heterocycles. The van der Waals surface area contributed by atoms with Gasteiger partial charge in [-0.15, -0.1) is 0 Å². The van der Waals surface area contributed by atoms with Crippen molar-refractivity contribution in [2.75, 3.05) is 6.61 Å². The molecule has 4 aliphatic rings. The molecule has 1 saturated carbocycles. The Labute approximate surface area is 156 Å². The van der Waals surface area contributed by atoms with Crippen LogP contribution in [0.15, 0.2) is 35.5 Å². The molecule has 2 saturated heterocycles. The maximum atomic E-state index is 13.0. The van der Waals surface area contributed by atoms with Crippen LogP contribution in [0.25, 0.3) is 0 Å². The lowest BCUT2D eigenvalue weighted by atomic mass is 9.73. The Morgan fingerprint density at radius 3 is 2.81 bits per heavy atom. The van der Waals surface area contributed by atoms with E-state index in [1.54, 1.807) is 32.9 Å². The standard InChI is InChI=1S/C20H22O7/c1-5-9(2)17(23)27-20-7-6-11(8-21)13(20)15-12(10(3)18(24)25-15)14(22)16-19(20,4)26-16/h5-6,12-13,15-16,21H,3,7-8H2,1-2,4H3/b9-5-/t12-,13-,15-,16-,19-,20+/m1/s1. The Kier molecular flexibility index (Phi) is 3.78. The molecule has 0 radical (unpaired) electrons. The lowest BCUT2D eigenvalue weighted by Crippen LogP contribution is -2.55. The number of carbonyl (C=O) groups is 3. The fraction of sp³-hybridized carbons (Fsp3) is 0.550. The number of aliphatic hydroxyl groups is 1. The second-order valence-corrected chi connectivity index (χ2v) is 7.75. The van der Waals surface area contributed by atoms with Crippen molar-refractivity contribution in [1.29, 1.82) is 0 Å². The SMILES string of the molecule is C=C1C(=O)O[C@@H]2[C@H]1C(=O)[C@H]1O[C@@]1(C)[C@]1(OC(=O)/C(C)=C\C)CC=C(CO)[C@H]21. The quantitative estimate of drug-likeness (QED) is 0.340. The molecule has 0 bridgehead atoms. The van der Waals surface area contributed by atoms with Crippen molar-refractivity contribution in [2.24, 2.45) is 11.8 Å². The van der Waals surface area contributed by atoms with Crippen LogP contribution in [0.4, 0.5) is 0 Å². The highest BCUT2D eigenvalue weighted by Gasteiger charge is 2.79. The minimum atomic E-state index is -1.24. The summed E-state index contributed by atoms with van der Waals surface area (Å²) >= 11 is 0. The highest BCUT2D eigenvalue weighted by Crippen LogP contribution is 2.63. The van der Waals surface area contributed by atoms with E-state index in [2.05, 4.69) is 6.58 Å². The molecule has 7 nitrogen and oxygen atoms in total. The number of Topliss-reactive ketones (excluding diaryl/α,β-unsaturated/α-hetero) is 1. The number of fused-ring (bicyclic) bond motifs is 5. The molecular weight excluding hydrogens is 352 g/mol. The number of epoxide rings is 1. The van der Waals surface area contributed by atoms with Gasteiger partial charge in [-0.25, -0.2) is 9.59 Å². The molecule has 0 aromatic heterocycles. The van der Waals surface area contributed by atoms with Crippen molar-refractivity contribution >= 4 is 17.7 Å². The fourth-order valence-corrected chi connectivity index (χ4v) is 4.77. The van der Waals surface area contributed by atoms with Crippen LogP contribution in [0.5, 0.6) is 0 Å². The van der Waals surface area contributed by atoms with E-state index in [1.165, 1.54) is 0 Å². The first kappa shape index (κ1) is 18.1. The number of esters is 2. The van der Waals surface area contributed by atoms with E-state index < -0.39 is 47.2 Å². The predicted molar refractivity (Wildman–Crippen MR) is 92.3 cm³/mol. The Hall–Kier alpha value is -2.25. The maximum Gasteiger partial charge on any atom is 0.334 e. The molecule has 6 atom stereocenters. The van der Waals surface area contributed by atoms with Gasteiger partial charge in [0.1, 0.15) is 11.7 Å². The van der Waals surface area contributed by atoms with Crippen molar-refractivity contribution in [3.8, 4) is 0 Å². The number of aliphatic hydroxyl groups excluding tert-OH is 1. The number of allylic oxidation sites excluding steroid dienone is 1. The highest BCUT2D eigenvalue weighted by molar-refractivity contribution is 6.04. The van der Waals surface area contributed by atoms with Gasteiger partial charge in [0.25, 0.3) is 0 Å². The van der Waals surface area contributed by atoms with Gasteiger partial charge in [-0.1, -0.05) is 18.7 Å². The number of carbonyl (C=O) groups excluding carboxylic acids is 3. The second kappa shape index (κ2) is 5.62. The first-order valence-corrected chi connectivity index (χ1v) is 8.99. The van der Waals surface area contributed by atoms with Crippen molar-refractivity contribution in [2.45, 2.75) is 50.6 Å². The molecule has 0 aromatic carbocycles. The molecule has 144 valence electrons. The van der Waals surface area contributed by atoms with Gasteiger partial charge in [-0.05, 0) is 26.3 Å². The maximum absolute atomic E-state index is 13.0. The zero-order valence-corrected chi connectivity index (χ0v) is 15.5. The fourth-order valence-electron chi connectivity index (χ4n) is 4.77. The van der Waals surface area contributed by atoms with E-state index in [0.717, 1.165) is 0 Å². The first-order valence-electron chi connectivity index (χ1n) is 8.99. The average molecular weight is 374 g/mol. The molecule has 0 amide bonds. The van der Waals surface area contributed by atoms with Crippen molar-refractivity contribution < 1.29 is 33.7 Å². The van der Waals surface area contributed by atoms with Gasteiger partial charge in [-0.2, -0.15) is 0 Å². The van der Waals surface area contributed by atoms with E-state index in [1.807, 2.05) is 0 Å². The summed E-state index contributed by atoms with van der Waals surface area (Å²) in [5.74, 6) is -3.00. The van der Waals surface area contributed by atoms with Gasteiger partial charge in [-0.3, -0.25) is 4.79 Å². The van der Waals surface area contributed by atoms with Gasteiger partial charge in [0.15, 0.2) is 17.5 Å². The zero-order chi connectivity index (χ0) is 19.7. The van der Waals surface area contributed by atoms with Gasteiger partial charge >= 0.3 is 11.9 Å². The number of rotatable bonds is 3. The topological polar surface area (TPSA) is 102 Å². The third kappa shape index (κ3) is 2.12. The number of ether oxygens (including phenoxy) is 3. The molecule has 1 N–H and O–H groups in total. The lowest BCUT2D eigenvalue weighted by molar-refractivity contribution is -0.177. The Balaban J connectivity index is 1.86. The summed E-state index contributed by atoms with van der Waals surface area (Å²) in [5, 5.41) is 9.89. The summed E-state index contributed by atoms with van der Waals surface area (Å²) in [5.41, 5.74) is -1.22. The summed E-state index contributed by atoms with van der Waals surface area (Å²) < 4.78 is 17.3. The third-order valence-electron chi connectivity index (χ3n) is 6.53. The van der Waals surface area contributed by atoms with E-state index in [-0.39, 0.29) is 24.4 Å². The molecule has 0 aromatic rings. The summed E-state index contributed by atoms with van der Waals surface area (Å²) in [6.45, 7) is 8.53. The molecule has 7 heteroatoms. The predicted octanol–water partition coefficient (Wildman–Crippen LogP) is 1.01. The van der Waals surface area contributed by atoms with E-state index in [9.17, 15) is 19.5 Å². The molecule has 4 rings (SSSR count). The zero-order valence-electron chi connectivity index (χ0n) is 15.5. The largest absolute Gasteiger partial charge is 0.457 e. The number of hydrogen-bond acceptors (Lipinski definition) is 7. The molecule has 2 aliphatic carbocycles. The van der Waals surface area contributed by atoms with Gasteiger partial charge in [0.2, 0.25) is 0 Å². The van der Waals surface area contributed by atoms with Crippen LogP contribution in [0.1, 0.15) is 27.2 Å². The van der Waals surface area contributed by atoms with Crippen molar-refractivity contribution in [3.05, 3.63) is 35.5 Å². The van der Waals surface area contributed by atoms with Crippen molar-refractivity contribution in [1.82, 2.24) is 0 Å². The average Bonchev–Trinajstić information content (AvgIpc) is 3.10. The van der Waals surface area contributed by atoms with Crippen LogP contribution in [0.3, 0.4) is 0 Å². The minimum Gasteiger partial charge on any atom is -0.457 e. The summed E-state index contributed by atoms with van der Waals surface area (Å²) in [6.07, 6.45) is 2.01. The molecule has 3 fully saturated rings. The smallest absolute Gasteiger partial charge is 0.334 e. The summed E-state index contributed by atoms with van der Waals surface area (Å²) in [7, 11) is 0. The van der Waals surface area contributed by atoms with Crippen LogP contribution in [0.2, 0.25) is 0 Å². The number of ketones is 1. The van der Waals surface area contributed by atoms with Crippen molar-refractivity contribution in [3.63, 3.8) is 0 Å². The van der Waals surface area contributed by atoms with Crippen LogP contribution in [-0.4, -0.2) is 52.8 Å². The monoisotopic (exact) mass is 374 g/mol. The number of hydrogen-bond donors (Lipinski definition) is 1. The Morgan fingerprint density at radius 2 is 2.19 bits per heavy atom. The van der Waals surface area contributed by atoms with E-state index >= 15 is 0 Å². The van der Waals surface area contributed by atoms with Gasteiger partial charge < -0.3 is 19.3 Å². The Bertz CT molecular complexity index is 837. The van der Waals surface area contributed by atoms with Crippen LogP contribution in [0, 0.1) is 11.8 Å². The van der Waals surface area contributed by atoms with E-state index in [0.29, 0.717) is 11.1 Å². The van der Waals surface area contributed by atoms with Crippen LogP contribution >= 0.6 is 0 Å². The highest BCUT2D eigenvalue weighted by atomic mass is 16.7. The lowest BCUT2D eigenvalue weighted by Gasteiger charge is -2.41. The normalized spacial score (nSPS) is 42.6. The van der Waals surface area contributed by atoms with Crippen LogP contribution < -0.4 is 0 Å². The van der Waals surface area contributed by atoms with Gasteiger partial charge in [0.05, 0.1) is 18.4 Å². The molecule has 0 spiro atoms. The third-order valence-corrected chi connectivity index (χ3v) is 6.53. The molecule has 27 heavy (non-hydrogen) atoms. The molecule has 0 unspecified atom stereocenters. The molecular formula is C20H22O7. The van der Waals surface area contributed by atoms with E-state index in [4.69, 9.17) is 14.2 Å².